The minimum atomic E-state index is -0.0512. The molecule has 1 aromatic carbocycles. The molecule has 0 aliphatic heterocycles. The first-order valence-corrected chi connectivity index (χ1v) is 5.33. The van der Waals surface area contributed by atoms with Gasteiger partial charge in [0.1, 0.15) is 5.75 Å². The molecule has 0 aliphatic carbocycles. The lowest BCUT2D eigenvalue weighted by atomic mass is 10.0. The molecule has 3 N–H and O–H groups in total. The third kappa shape index (κ3) is 3.14. The number of nitrogens with two attached hydrogens (primary N) is 1. The van der Waals surface area contributed by atoms with Crippen LogP contribution in [0.5, 0.6) is 5.75 Å². The molecule has 0 saturated heterocycles. The van der Waals surface area contributed by atoms with Gasteiger partial charge in [-0.25, -0.2) is 0 Å². The monoisotopic (exact) mass is 238 g/mol. The molecule has 0 heterocycles. The van der Waals surface area contributed by atoms with Crippen molar-refractivity contribution >= 4 is 11.6 Å². The number of hydrogen-bond donors (Lipinski definition) is 2. The van der Waals surface area contributed by atoms with Gasteiger partial charge in [0, 0.05) is 17.0 Å². The smallest absolute Gasteiger partial charge is 0.123 e. The first kappa shape index (κ1) is 12.9. The van der Waals surface area contributed by atoms with E-state index < -0.39 is 0 Å². The second-order valence-electron chi connectivity index (χ2n) is 3.35. The van der Waals surface area contributed by atoms with E-state index in [2.05, 4.69) is 11.3 Å². The van der Waals surface area contributed by atoms with E-state index in [-0.39, 0.29) is 6.04 Å². The van der Waals surface area contributed by atoms with Crippen molar-refractivity contribution in [3.8, 4) is 18.1 Å². The van der Waals surface area contributed by atoms with Gasteiger partial charge in [0.15, 0.2) is 0 Å². The summed E-state index contributed by atoms with van der Waals surface area (Å²) >= 11 is 5.94. The summed E-state index contributed by atoms with van der Waals surface area (Å²) in [5, 5.41) is 0.650. The normalized spacial score (nSPS) is 11.9. The number of methoxy groups -OCH3 is 1. The van der Waals surface area contributed by atoms with E-state index in [9.17, 15) is 0 Å². The Morgan fingerprint density at radius 1 is 1.62 bits per heavy atom. The molecule has 1 rings (SSSR count). The Balaban J connectivity index is 2.98. The summed E-state index contributed by atoms with van der Waals surface area (Å²) < 4.78 is 5.26. The molecule has 0 radical (unpaired) electrons. The van der Waals surface area contributed by atoms with Crippen LogP contribution in [0.3, 0.4) is 0 Å². The number of hydrazine groups is 1. The molecular weight excluding hydrogens is 224 g/mol. The van der Waals surface area contributed by atoms with E-state index in [1.54, 1.807) is 13.2 Å². The quantitative estimate of drug-likeness (QED) is 0.470. The molecule has 3 nitrogen and oxygen atoms in total. The fourth-order valence-electron chi connectivity index (χ4n) is 1.53. The highest BCUT2D eigenvalue weighted by Crippen LogP contribution is 2.30. The molecule has 86 valence electrons. The van der Waals surface area contributed by atoms with Crippen molar-refractivity contribution in [1.29, 1.82) is 0 Å². The zero-order valence-corrected chi connectivity index (χ0v) is 9.92. The number of rotatable bonds is 5. The molecule has 4 heteroatoms. The van der Waals surface area contributed by atoms with Crippen molar-refractivity contribution in [2.24, 2.45) is 5.84 Å². The van der Waals surface area contributed by atoms with Crippen LogP contribution < -0.4 is 16.0 Å². The van der Waals surface area contributed by atoms with Crippen LogP contribution in [0, 0.1) is 12.3 Å². The van der Waals surface area contributed by atoms with Crippen LogP contribution in [0.1, 0.15) is 24.4 Å². The van der Waals surface area contributed by atoms with E-state index in [1.165, 1.54) is 0 Å². The molecule has 16 heavy (non-hydrogen) atoms. The third-order valence-corrected chi connectivity index (χ3v) is 2.58. The SMILES string of the molecule is C#CCCC(NN)c1cc(Cl)ccc1OC. The summed E-state index contributed by atoms with van der Waals surface area (Å²) in [7, 11) is 1.61. The summed E-state index contributed by atoms with van der Waals surface area (Å²) in [4.78, 5) is 0. The zero-order valence-electron chi connectivity index (χ0n) is 9.16. The Kier molecular flexibility index (Phi) is 5.13. The number of benzene rings is 1. The number of halogens is 1. The molecule has 0 spiro atoms. The van der Waals surface area contributed by atoms with Crippen LogP contribution in [0.15, 0.2) is 18.2 Å². The van der Waals surface area contributed by atoms with Crippen molar-refractivity contribution in [2.75, 3.05) is 7.11 Å². The zero-order chi connectivity index (χ0) is 12.0. The van der Waals surface area contributed by atoms with Gasteiger partial charge in [-0.1, -0.05) is 11.6 Å². The average molecular weight is 239 g/mol. The summed E-state index contributed by atoms with van der Waals surface area (Å²) in [6.07, 6.45) is 6.62. The number of nitrogens with one attached hydrogen (secondary N) is 1. The van der Waals surface area contributed by atoms with Crippen molar-refractivity contribution < 1.29 is 4.74 Å². The Bertz CT molecular complexity index is 387. The van der Waals surface area contributed by atoms with Crippen LogP contribution >= 0.6 is 11.6 Å². The predicted molar refractivity (Wildman–Crippen MR) is 66.1 cm³/mol. The highest BCUT2D eigenvalue weighted by Gasteiger charge is 2.14. The number of hydrogen-bond acceptors (Lipinski definition) is 3. The topological polar surface area (TPSA) is 47.3 Å². The molecular formula is C12H15ClN2O. The predicted octanol–water partition coefficient (Wildman–Crippen LogP) is 2.27. The van der Waals surface area contributed by atoms with Gasteiger partial charge in [-0.05, 0) is 24.6 Å². The fourth-order valence-corrected chi connectivity index (χ4v) is 1.71. The van der Waals surface area contributed by atoms with Crippen LogP contribution in [-0.4, -0.2) is 7.11 Å². The lowest BCUT2D eigenvalue weighted by Crippen LogP contribution is -2.28. The Hall–Kier alpha value is -1.21. The van der Waals surface area contributed by atoms with Gasteiger partial charge in [0.05, 0.1) is 13.2 Å². The van der Waals surface area contributed by atoms with Crippen molar-refractivity contribution in [1.82, 2.24) is 5.43 Å². The first-order chi connectivity index (χ1) is 7.72. The van der Waals surface area contributed by atoms with E-state index >= 15 is 0 Å². The Morgan fingerprint density at radius 2 is 2.38 bits per heavy atom. The highest BCUT2D eigenvalue weighted by molar-refractivity contribution is 6.30. The minimum Gasteiger partial charge on any atom is -0.496 e. The number of ether oxygens (including phenoxy) is 1. The van der Waals surface area contributed by atoms with Gasteiger partial charge in [0.2, 0.25) is 0 Å². The summed E-state index contributed by atoms with van der Waals surface area (Å²) in [6.45, 7) is 0. The summed E-state index contributed by atoms with van der Waals surface area (Å²) in [5.74, 6) is 8.84. The molecule has 1 unspecified atom stereocenters. The number of terminal acetylenes is 1. The van der Waals surface area contributed by atoms with Crippen LogP contribution in [-0.2, 0) is 0 Å². The lowest BCUT2D eigenvalue weighted by molar-refractivity contribution is 0.396. The van der Waals surface area contributed by atoms with E-state index in [0.717, 1.165) is 17.7 Å². The Morgan fingerprint density at radius 3 is 2.94 bits per heavy atom. The van der Waals surface area contributed by atoms with Crippen LogP contribution in [0.2, 0.25) is 5.02 Å². The van der Waals surface area contributed by atoms with Crippen LogP contribution in [0.4, 0.5) is 0 Å². The second kappa shape index (κ2) is 6.39. The van der Waals surface area contributed by atoms with E-state index in [1.807, 2.05) is 12.1 Å². The first-order valence-electron chi connectivity index (χ1n) is 4.96. The van der Waals surface area contributed by atoms with Gasteiger partial charge in [-0.3, -0.25) is 11.3 Å². The molecule has 1 atom stereocenters. The van der Waals surface area contributed by atoms with Crippen LogP contribution in [0.25, 0.3) is 0 Å². The lowest BCUT2D eigenvalue weighted by Gasteiger charge is -2.18. The molecule has 0 aliphatic rings. The van der Waals surface area contributed by atoms with E-state index in [4.69, 9.17) is 28.6 Å². The largest absolute Gasteiger partial charge is 0.496 e. The average Bonchev–Trinajstić information content (AvgIpc) is 2.30. The maximum Gasteiger partial charge on any atom is 0.123 e. The highest BCUT2D eigenvalue weighted by atomic mass is 35.5. The summed E-state index contributed by atoms with van der Waals surface area (Å²) in [6, 6.07) is 5.38. The van der Waals surface area contributed by atoms with Gasteiger partial charge in [-0.2, -0.15) is 0 Å². The van der Waals surface area contributed by atoms with Crippen molar-refractivity contribution in [2.45, 2.75) is 18.9 Å². The van der Waals surface area contributed by atoms with Gasteiger partial charge in [0.25, 0.3) is 0 Å². The fraction of sp³-hybridized carbons (Fsp3) is 0.333. The molecule has 0 saturated carbocycles. The second-order valence-corrected chi connectivity index (χ2v) is 3.78. The minimum absolute atomic E-state index is 0.0512. The van der Waals surface area contributed by atoms with Gasteiger partial charge >= 0.3 is 0 Å². The van der Waals surface area contributed by atoms with Crippen molar-refractivity contribution in [3.63, 3.8) is 0 Å². The molecule has 0 fully saturated rings. The van der Waals surface area contributed by atoms with E-state index in [0.29, 0.717) is 11.4 Å². The summed E-state index contributed by atoms with van der Waals surface area (Å²) in [5.41, 5.74) is 3.64. The maximum absolute atomic E-state index is 5.94. The van der Waals surface area contributed by atoms with Gasteiger partial charge in [-0.15, -0.1) is 12.3 Å². The standard InChI is InChI=1S/C12H15ClN2O/c1-3-4-5-11(15-14)10-8-9(13)6-7-12(10)16-2/h1,6-8,11,15H,4-5,14H2,2H3. The van der Waals surface area contributed by atoms with Gasteiger partial charge < -0.3 is 4.74 Å². The maximum atomic E-state index is 5.94. The molecule has 0 aromatic heterocycles. The molecule has 0 bridgehead atoms. The van der Waals surface area contributed by atoms with Crippen molar-refractivity contribution in [3.05, 3.63) is 28.8 Å². The molecule has 1 aromatic rings. The third-order valence-electron chi connectivity index (χ3n) is 2.35. The Labute approximate surface area is 101 Å². The molecule has 0 amide bonds.